The van der Waals surface area contributed by atoms with E-state index in [1.807, 2.05) is 50.2 Å². The van der Waals surface area contributed by atoms with Gasteiger partial charge in [-0.2, -0.15) is 0 Å². The van der Waals surface area contributed by atoms with E-state index in [0.29, 0.717) is 46.0 Å². The Labute approximate surface area is 215 Å². The number of ether oxygens (including phenoxy) is 2. The van der Waals surface area contributed by atoms with Gasteiger partial charge in [0.25, 0.3) is 5.91 Å². The number of benzene rings is 2. The third kappa shape index (κ3) is 4.46. The molecule has 190 valence electrons. The molecule has 0 aliphatic carbocycles. The summed E-state index contributed by atoms with van der Waals surface area (Å²) in [4.78, 5) is 33.6. The van der Waals surface area contributed by atoms with Gasteiger partial charge in [0.15, 0.2) is 16.9 Å². The first-order valence-corrected chi connectivity index (χ1v) is 12.6. The minimum Gasteiger partial charge on any atom is -0.493 e. The fourth-order valence-corrected chi connectivity index (χ4v) is 4.80. The number of fused-ring (bicyclic) bond motifs is 2. The highest BCUT2D eigenvalue weighted by Crippen LogP contribution is 2.43. The van der Waals surface area contributed by atoms with Gasteiger partial charge in [-0.05, 0) is 67.8 Å². The Morgan fingerprint density at radius 2 is 1.78 bits per heavy atom. The lowest BCUT2D eigenvalue weighted by Gasteiger charge is -2.25. The van der Waals surface area contributed by atoms with Crippen molar-refractivity contribution >= 4 is 22.7 Å². The average Bonchev–Trinajstić information content (AvgIpc) is 3.19. The van der Waals surface area contributed by atoms with Gasteiger partial charge in [-0.3, -0.25) is 14.5 Å². The van der Waals surface area contributed by atoms with Gasteiger partial charge in [-0.1, -0.05) is 37.5 Å². The van der Waals surface area contributed by atoms with E-state index in [9.17, 15) is 9.59 Å². The number of pyridine rings is 1. The standard InChI is InChI=1S/C30H30N2O5/c1-5-6-7-14-36-23-11-9-20(17-24(23)35-4)27-26-28(33)21-15-18(2)8-10-22(21)37-29(26)30(34)32(27)25-16-19(3)12-13-31-25/h8-13,15-17,27H,5-7,14H2,1-4H3. The van der Waals surface area contributed by atoms with Crippen LogP contribution in [-0.4, -0.2) is 24.6 Å². The predicted molar refractivity (Wildman–Crippen MR) is 143 cm³/mol. The first-order chi connectivity index (χ1) is 17.9. The number of unbranched alkanes of at least 4 members (excludes halogenated alkanes) is 2. The van der Waals surface area contributed by atoms with Crippen LogP contribution in [0.2, 0.25) is 0 Å². The Morgan fingerprint density at radius 3 is 2.54 bits per heavy atom. The molecule has 5 rings (SSSR count). The number of anilines is 1. The van der Waals surface area contributed by atoms with Crippen molar-refractivity contribution in [1.29, 1.82) is 0 Å². The zero-order valence-corrected chi connectivity index (χ0v) is 21.5. The van der Waals surface area contributed by atoms with Crippen LogP contribution in [0.5, 0.6) is 11.5 Å². The summed E-state index contributed by atoms with van der Waals surface area (Å²) in [7, 11) is 1.58. The molecule has 37 heavy (non-hydrogen) atoms. The van der Waals surface area contributed by atoms with Crippen molar-refractivity contribution in [3.63, 3.8) is 0 Å². The lowest BCUT2D eigenvalue weighted by Crippen LogP contribution is -2.30. The van der Waals surface area contributed by atoms with E-state index in [2.05, 4.69) is 11.9 Å². The second-order valence-corrected chi connectivity index (χ2v) is 9.41. The maximum atomic E-state index is 13.9. The zero-order chi connectivity index (χ0) is 26.1. The highest BCUT2D eigenvalue weighted by molar-refractivity contribution is 6.10. The van der Waals surface area contributed by atoms with Gasteiger partial charge in [0.1, 0.15) is 11.4 Å². The van der Waals surface area contributed by atoms with Crippen LogP contribution < -0.4 is 19.8 Å². The molecule has 1 amide bonds. The Hall–Kier alpha value is -4.13. The summed E-state index contributed by atoms with van der Waals surface area (Å²) < 4.78 is 17.7. The quantitative estimate of drug-likeness (QED) is 0.272. The molecule has 0 bridgehead atoms. The number of nitrogens with zero attached hydrogens (tertiary/aromatic N) is 2. The third-order valence-corrected chi connectivity index (χ3v) is 6.68. The molecule has 2 aromatic carbocycles. The molecule has 2 aromatic heterocycles. The summed E-state index contributed by atoms with van der Waals surface area (Å²) in [6.45, 7) is 6.58. The number of carbonyl (C=O) groups is 1. The van der Waals surface area contributed by atoms with Crippen molar-refractivity contribution in [2.24, 2.45) is 0 Å². The van der Waals surface area contributed by atoms with Crippen molar-refractivity contribution < 1.29 is 18.7 Å². The molecule has 0 saturated heterocycles. The van der Waals surface area contributed by atoms with Gasteiger partial charge < -0.3 is 13.9 Å². The zero-order valence-electron chi connectivity index (χ0n) is 21.5. The molecule has 0 N–H and O–H groups in total. The second kappa shape index (κ2) is 10.1. The molecule has 4 aromatic rings. The summed E-state index contributed by atoms with van der Waals surface area (Å²) in [5, 5.41) is 0.443. The van der Waals surface area contributed by atoms with Gasteiger partial charge in [0, 0.05) is 6.20 Å². The number of rotatable bonds is 8. The normalized spacial score (nSPS) is 14.8. The van der Waals surface area contributed by atoms with E-state index < -0.39 is 11.9 Å². The summed E-state index contributed by atoms with van der Waals surface area (Å²) >= 11 is 0. The Kier molecular flexibility index (Phi) is 6.70. The van der Waals surface area contributed by atoms with Crippen LogP contribution in [-0.2, 0) is 0 Å². The molecule has 7 heteroatoms. The Balaban J connectivity index is 1.68. The monoisotopic (exact) mass is 498 g/mol. The Bertz CT molecular complexity index is 1540. The Morgan fingerprint density at radius 1 is 0.973 bits per heavy atom. The number of hydrogen-bond donors (Lipinski definition) is 0. The highest BCUT2D eigenvalue weighted by Gasteiger charge is 2.44. The summed E-state index contributed by atoms with van der Waals surface area (Å²) in [6.07, 6.45) is 4.80. The number of hydrogen-bond acceptors (Lipinski definition) is 6. The fraction of sp³-hybridized carbons (Fsp3) is 0.300. The van der Waals surface area contributed by atoms with Crippen LogP contribution in [0.25, 0.3) is 11.0 Å². The van der Waals surface area contributed by atoms with Crippen LogP contribution in [0.4, 0.5) is 5.82 Å². The first kappa shape index (κ1) is 24.6. The van der Waals surface area contributed by atoms with Crippen molar-refractivity contribution in [1.82, 2.24) is 4.98 Å². The van der Waals surface area contributed by atoms with Crippen LogP contribution in [0.15, 0.2) is 63.9 Å². The van der Waals surface area contributed by atoms with E-state index in [4.69, 9.17) is 13.9 Å². The minimum atomic E-state index is -0.735. The molecule has 1 aliphatic heterocycles. The fourth-order valence-electron chi connectivity index (χ4n) is 4.80. The van der Waals surface area contributed by atoms with Gasteiger partial charge in [-0.25, -0.2) is 4.98 Å². The summed E-state index contributed by atoms with van der Waals surface area (Å²) in [5.74, 6) is 1.23. The van der Waals surface area contributed by atoms with Crippen molar-refractivity contribution in [2.45, 2.75) is 46.1 Å². The van der Waals surface area contributed by atoms with Gasteiger partial charge >= 0.3 is 0 Å². The lowest BCUT2D eigenvalue weighted by molar-refractivity contribution is 0.0970. The molecule has 7 nitrogen and oxygen atoms in total. The molecule has 1 unspecified atom stereocenters. The molecule has 0 saturated carbocycles. The molecule has 0 fully saturated rings. The van der Waals surface area contributed by atoms with Crippen LogP contribution in [0.1, 0.15) is 65.0 Å². The second-order valence-electron chi connectivity index (χ2n) is 9.41. The predicted octanol–water partition coefficient (Wildman–Crippen LogP) is 6.13. The maximum absolute atomic E-state index is 13.9. The van der Waals surface area contributed by atoms with E-state index >= 15 is 0 Å². The van der Waals surface area contributed by atoms with Crippen LogP contribution >= 0.6 is 0 Å². The summed E-state index contributed by atoms with van der Waals surface area (Å²) in [6, 6.07) is 13.9. The van der Waals surface area contributed by atoms with Crippen molar-refractivity contribution in [3.05, 3.63) is 93.0 Å². The largest absolute Gasteiger partial charge is 0.493 e. The minimum absolute atomic E-state index is 0.0357. The van der Waals surface area contributed by atoms with E-state index in [1.54, 1.807) is 25.4 Å². The highest BCUT2D eigenvalue weighted by atomic mass is 16.5. The first-order valence-electron chi connectivity index (χ1n) is 12.6. The maximum Gasteiger partial charge on any atom is 0.296 e. The van der Waals surface area contributed by atoms with Crippen molar-refractivity contribution in [2.75, 3.05) is 18.6 Å². The average molecular weight is 499 g/mol. The molecule has 3 heterocycles. The van der Waals surface area contributed by atoms with Gasteiger partial charge in [-0.15, -0.1) is 0 Å². The lowest BCUT2D eigenvalue weighted by atomic mass is 9.97. The van der Waals surface area contributed by atoms with Gasteiger partial charge in [0.2, 0.25) is 5.76 Å². The topological polar surface area (TPSA) is 81.9 Å². The number of methoxy groups -OCH3 is 1. The molecular formula is C30H30N2O5. The number of aryl methyl sites for hydroxylation is 2. The van der Waals surface area contributed by atoms with E-state index in [1.165, 1.54) is 4.90 Å². The van der Waals surface area contributed by atoms with Crippen LogP contribution in [0.3, 0.4) is 0 Å². The summed E-state index contributed by atoms with van der Waals surface area (Å²) in [5.41, 5.74) is 3.03. The molecular weight excluding hydrogens is 468 g/mol. The molecule has 0 radical (unpaired) electrons. The SMILES string of the molecule is CCCCCOc1ccc(C2c3c(oc4ccc(C)cc4c3=O)C(=O)N2c2cc(C)ccn2)cc1OC. The van der Waals surface area contributed by atoms with Crippen molar-refractivity contribution in [3.8, 4) is 11.5 Å². The molecule has 0 spiro atoms. The smallest absolute Gasteiger partial charge is 0.296 e. The molecule has 1 aliphatic rings. The van der Waals surface area contributed by atoms with Crippen LogP contribution in [0, 0.1) is 13.8 Å². The third-order valence-electron chi connectivity index (χ3n) is 6.68. The molecule has 1 atom stereocenters. The van der Waals surface area contributed by atoms with Gasteiger partial charge in [0.05, 0.1) is 30.7 Å². The van der Waals surface area contributed by atoms with E-state index in [-0.39, 0.29) is 11.2 Å². The number of amides is 1. The number of aromatic nitrogens is 1. The number of carbonyl (C=O) groups excluding carboxylic acids is 1. The van der Waals surface area contributed by atoms with E-state index in [0.717, 1.165) is 30.4 Å².